The second-order valence-corrected chi connectivity index (χ2v) is 10.2. The van der Waals surface area contributed by atoms with Gasteiger partial charge in [0.2, 0.25) is 5.69 Å². The molecule has 0 saturated carbocycles. The van der Waals surface area contributed by atoms with Gasteiger partial charge < -0.3 is 0 Å². The molecule has 0 amide bonds. The molecule has 0 unspecified atom stereocenters. The molecule has 0 fully saturated rings. The van der Waals surface area contributed by atoms with Crippen molar-refractivity contribution in [3.63, 3.8) is 0 Å². The smallest absolute Gasteiger partial charge is 0.200 e. The molecular weight excluding hydrogens is 374 g/mol. The predicted molar refractivity (Wildman–Crippen MR) is 131 cm³/mol. The summed E-state index contributed by atoms with van der Waals surface area (Å²) >= 11 is 0. The quantitative estimate of drug-likeness (QED) is 0.318. The summed E-state index contributed by atoms with van der Waals surface area (Å²) in [6.07, 6.45) is 3.33. The predicted octanol–water partition coefficient (Wildman–Crippen LogP) is 7.14. The molecule has 31 heavy (non-hydrogen) atoms. The van der Waals surface area contributed by atoms with Crippen molar-refractivity contribution in [3.8, 4) is 22.4 Å². The number of benzene rings is 3. The molecule has 1 heteroatoms. The average Bonchev–Trinajstić information content (AvgIpc) is 2.94. The summed E-state index contributed by atoms with van der Waals surface area (Å²) in [4.78, 5) is 0. The molecule has 1 aliphatic rings. The van der Waals surface area contributed by atoms with Crippen LogP contribution in [-0.2, 0) is 18.9 Å². The van der Waals surface area contributed by atoms with Crippen LogP contribution in [-0.4, -0.2) is 0 Å². The van der Waals surface area contributed by atoms with Crippen LogP contribution in [0.5, 0.6) is 0 Å². The van der Waals surface area contributed by atoms with Crippen molar-refractivity contribution in [1.29, 1.82) is 0 Å². The average molecular weight is 407 g/mol. The Morgan fingerprint density at radius 1 is 0.839 bits per heavy atom. The van der Waals surface area contributed by atoms with E-state index in [1.807, 2.05) is 0 Å². The van der Waals surface area contributed by atoms with Gasteiger partial charge in [0.15, 0.2) is 6.20 Å². The Labute approximate surface area is 186 Å². The summed E-state index contributed by atoms with van der Waals surface area (Å²) in [7, 11) is 2.17. The van der Waals surface area contributed by atoms with E-state index in [-0.39, 0.29) is 5.41 Å². The van der Waals surface area contributed by atoms with Gasteiger partial charge in [0.1, 0.15) is 7.05 Å². The summed E-state index contributed by atoms with van der Waals surface area (Å²) in [5, 5.41) is 2.66. The second kappa shape index (κ2) is 7.05. The molecule has 0 spiro atoms. The lowest BCUT2D eigenvalue weighted by Crippen LogP contribution is -2.31. The van der Waals surface area contributed by atoms with Crippen molar-refractivity contribution in [3.05, 3.63) is 89.1 Å². The number of nitrogens with zero attached hydrogens (tertiary/aromatic N) is 1. The third-order valence-electron chi connectivity index (χ3n) is 7.03. The third kappa shape index (κ3) is 3.10. The SMILES string of the molecule is Cc1cc2c(cc1-c1c3ccc(CC(C)C)cc3cc[n+]1C)C(C)(C)c1ccccc1-2. The summed E-state index contributed by atoms with van der Waals surface area (Å²) < 4.78 is 2.29. The standard InChI is InChI=1S/C30H32N/c1-19(2)15-21-11-12-23-22(17-21)13-14-31(6)29(23)25-18-28-26(16-20(25)3)24-9-7-8-10-27(24)30(28,4)5/h7-14,16-19H,15H2,1-6H3/q+1. The maximum Gasteiger partial charge on any atom is 0.220 e. The Kier molecular flexibility index (Phi) is 4.55. The highest BCUT2D eigenvalue weighted by molar-refractivity contribution is 5.95. The van der Waals surface area contributed by atoms with E-state index in [0.717, 1.165) is 6.42 Å². The first-order valence-corrected chi connectivity index (χ1v) is 11.4. The van der Waals surface area contributed by atoms with E-state index in [1.54, 1.807) is 0 Å². The van der Waals surface area contributed by atoms with E-state index < -0.39 is 0 Å². The lowest BCUT2D eigenvalue weighted by molar-refractivity contribution is -0.659. The Morgan fingerprint density at radius 2 is 1.61 bits per heavy atom. The number of fused-ring (bicyclic) bond motifs is 4. The van der Waals surface area contributed by atoms with Crippen LogP contribution in [0.2, 0.25) is 0 Å². The molecular formula is C30H32N+. The zero-order valence-corrected chi connectivity index (χ0v) is 19.6. The van der Waals surface area contributed by atoms with Gasteiger partial charge in [-0.05, 0) is 70.2 Å². The van der Waals surface area contributed by atoms with Crippen molar-refractivity contribution >= 4 is 10.8 Å². The number of aryl methyl sites for hydroxylation is 2. The number of aromatic nitrogens is 1. The zero-order valence-electron chi connectivity index (χ0n) is 19.6. The van der Waals surface area contributed by atoms with Crippen LogP contribution in [0, 0.1) is 12.8 Å². The fourth-order valence-corrected chi connectivity index (χ4v) is 5.47. The Balaban J connectivity index is 1.74. The summed E-state index contributed by atoms with van der Waals surface area (Å²) in [6, 6.07) is 23.0. The van der Waals surface area contributed by atoms with Crippen LogP contribution >= 0.6 is 0 Å². The summed E-state index contributed by atoms with van der Waals surface area (Å²) in [5.41, 5.74) is 11.1. The number of rotatable bonds is 3. The maximum absolute atomic E-state index is 2.46. The zero-order chi connectivity index (χ0) is 21.9. The molecule has 1 aliphatic carbocycles. The van der Waals surface area contributed by atoms with Gasteiger partial charge in [0, 0.05) is 11.5 Å². The molecule has 5 rings (SSSR count). The van der Waals surface area contributed by atoms with E-state index in [9.17, 15) is 0 Å². The van der Waals surface area contributed by atoms with Crippen molar-refractivity contribution in [1.82, 2.24) is 0 Å². The van der Waals surface area contributed by atoms with Crippen LogP contribution in [0.25, 0.3) is 33.2 Å². The van der Waals surface area contributed by atoms with Gasteiger partial charge >= 0.3 is 0 Å². The van der Waals surface area contributed by atoms with E-state index in [4.69, 9.17) is 0 Å². The molecule has 0 bridgehead atoms. The maximum atomic E-state index is 2.46. The largest absolute Gasteiger partial charge is 0.220 e. The minimum absolute atomic E-state index is 0.0158. The minimum Gasteiger partial charge on any atom is -0.200 e. The van der Waals surface area contributed by atoms with Crippen LogP contribution < -0.4 is 4.57 Å². The van der Waals surface area contributed by atoms with Gasteiger partial charge in [-0.2, -0.15) is 0 Å². The fourth-order valence-electron chi connectivity index (χ4n) is 5.47. The Bertz CT molecular complexity index is 1320. The highest BCUT2D eigenvalue weighted by atomic mass is 14.9. The lowest BCUT2D eigenvalue weighted by Gasteiger charge is -2.22. The van der Waals surface area contributed by atoms with E-state index in [0.29, 0.717) is 5.92 Å². The molecule has 4 aromatic rings. The minimum atomic E-state index is 0.0158. The molecule has 1 nitrogen and oxygen atoms in total. The molecule has 0 radical (unpaired) electrons. The number of hydrogen-bond acceptors (Lipinski definition) is 0. The molecule has 0 atom stereocenters. The van der Waals surface area contributed by atoms with Gasteiger partial charge in [0.25, 0.3) is 0 Å². The third-order valence-corrected chi connectivity index (χ3v) is 7.03. The first kappa shape index (κ1) is 20.0. The first-order valence-electron chi connectivity index (χ1n) is 11.4. The Morgan fingerprint density at radius 3 is 2.39 bits per heavy atom. The highest BCUT2D eigenvalue weighted by Gasteiger charge is 2.36. The molecule has 156 valence electrons. The van der Waals surface area contributed by atoms with Crippen LogP contribution in [0.4, 0.5) is 0 Å². The topological polar surface area (TPSA) is 3.88 Å². The van der Waals surface area contributed by atoms with Crippen molar-refractivity contribution in [2.45, 2.75) is 46.5 Å². The molecule has 0 N–H and O–H groups in total. The van der Waals surface area contributed by atoms with Crippen LogP contribution in [0.3, 0.4) is 0 Å². The van der Waals surface area contributed by atoms with Gasteiger partial charge in [-0.3, -0.25) is 0 Å². The number of pyridine rings is 1. The fraction of sp³-hybridized carbons (Fsp3) is 0.300. The van der Waals surface area contributed by atoms with Crippen molar-refractivity contribution < 1.29 is 4.57 Å². The Hall–Kier alpha value is -2.93. The van der Waals surface area contributed by atoms with E-state index in [1.165, 1.54) is 55.4 Å². The van der Waals surface area contributed by atoms with E-state index in [2.05, 4.69) is 113 Å². The molecule has 0 saturated heterocycles. The normalized spacial score (nSPS) is 14.2. The highest BCUT2D eigenvalue weighted by Crippen LogP contribution is 2.50. The summed E-state index contributed by atoms with van der Waals surface area (Å²) in [5.74, 6) is 0.666. The lowest BCUT2D eigenvalue weighted by atomic mass is 9.81. The van der Waals surface area contributed by atoms with Crippen molar-refractivity contribution in [2.24, 2.45) is 13.0 Å². The van der Waals surface area contributed by atoms with Gasteiger partial charge in [-0.15, -0.1) is 0 Å². The van der Waals surface area contributed by atoms with Gasteiger partial charge in [-0.1, -0.05) is 70.2 Å². The number of hydrogen-bond donors (Lipinski definition) is 0. The molecule has 0 aliphatic heterocycles. The molecule has 3 aromatic carbocycles. The van der Waals surface area contributed by atoms with Crippen LogP contribution in [0.15, 0.2) is 66.9 Å². The van der Waals surface area contributed by atoms with E-state index >= 15 is 0 Å². The molecule has 1 aromatic heterocycles. The molecule has 1 heterocycles. The summed E-state index contributed by atoms with van der Waals surface area (Å²) in [6.45, 7) is 11.5. The monoisotopic (exact) mass is 406 g/mol. The van der Waals surface area contributed by atoms with Crippen molar-refractivity contribution in [2.75, 3.05) is 0 Å². The second-order valence-electron chi connectivity index (χ2n) is 10.2. The van der Waals surface area contributed by atoms with Gasteiger partial charge in [0.05, 0.1) is 10.9 Å². The first-order chi connectivity index (χ1) is 14.8. The van der Waals surface area contributed by atoms with Crippen LogP contribution in [0.1, 0.15) is 49.9 Å². The van der Waals surface area contributed by atoms with Gasteiger partial charge in [-0.25, -0.2) is 4.57 Å².